The van der Waals surface area contributed by atoms with E-state index >= 15 is 0 Å². The van der Waals surface area contributed by atoms with E-state index in [0.717, 1.165) is 0 Å². The molecule has 0 aromatic heterocycles. The number of aliphatic hydroxyl groups is 1. The fourth-order valence-corrected chi connectivity index (χ4v) is 2.92. The highest BCUT2D eigenvalue weighted by Crippen LogP contribution is 2.24. The Bertz CT molecular complexity index is 524. The third-order valence-electron chi connectivity index (χ3n) is 3.34. The summed E-state index contributed by atoms with van der Waals surface area (Å²) in [6.45, 7) is 1.38. The van der Waals surface area contributed by atoms with Gasteiger partial charge in [-0.1, -0.05) is 34.1 Å². The molecule has 1 amide bonds. The van der Waals surface area contributed by atoms with Gasteiger partial charge in [-0.25, -0.2) is 4.79 Å². The maximum Gasteiger partial charge on any atom is 0.338 e. The Balaban J connectivity index is 2.15. The Morgan fingerprint density at radius 2 is 2.09 bits per heavy atom. The van der Waals surface area contributed by atoms with Gasteiger partial charge in [-0.05, 0) is 12.1 Å². The highest BCUT2D eigenvalue weighted by atomic mass is 79.9. The first-order valence-corrected chi connectivity index (χ1v) is 8.06. The molecule has 1 aliphatic rings. The second kappa shape index (κ2) is 7.71. The molecular formula is C15H18BrNO5. The van der Waals surface area contributed by atoms with Crippen molar-refractivity contribution in [3.8, 4) is 0 Å². The molecule has 6 nitrogen and oxygen atoms in total. The number of nitrogens with one attached hydrogen (secondary N) is 1. The maximum atomic E-state index is 12.2. The van der Waals surface area contributed by atoms with Gasteiger partial charge in [-0.3, -0.25) is 4.79 Å². The van der Waals surface area contributed by atoms with Crippen molar-refractivity contribution in [1.82, 2.24) is 5.32 Å². The fourth-order valence-electron chi connectivity index (χ4n) is 2.40. The highest BCUT2D eigenvalue weighted by molar-refractivity contribution is 9.09. The number of ether oxygens (including phenoxy) is 2. The molecule has 0 spiro atoms. The molecule has 2 N–H and O–H groups in total. The zero-order valence-corrected chi connectivity index (χ0v) is 13.7. The lowest BCUT2D eigenvalue weighted by Crippen LogP contribution is -2.57. The summed E-state index contributed by atoms with van der Waals surface area (Å²) in [6.07, 6.45) is -2.07. The predicted molar refractivity (Wildman–Crippen MR) is 82.5 cm³/mol. The summed E-state index contributed by atoms with van der Waals surface area (Å²) in [5.74, 6) is -0.750. The van der Waals surface area contributed by atoms with Gasteiger partial charge in [-0.2, -0.15) is 0 Å². The minimum absolute atomic E-state index is 0.163. The van der Waals surface area contributed by atoms with E-state index in [1.165, 1.54) is 6.92 Å². The SMILES string of the molecule is CC(=O)N[C@H]1C[C@@H](O)OC(CBr)[C@@H]1OC(=O)c1ccccc1. The van der Waals surface area contributed by atoms with Gasteiger partial charge in [0.2, 0.25) is 5.91 Å². The fraction of sp³-hybridized carbons (Fsp3) is 0.467. The molecule has 1 aromatic carbocycles. The molecule has 7 heteroatoms. The van der Waals surface area contributed by atoms with Crippen LogP contribution in [-0.4, -0.2) is 46.9 Å². The summed E-state index contributed by atoms with van der Waals surface area (Å²) in [6, 6.07) is 8.08. The Hall–Kier alpha value is -1.44. The van der Waals surface area contributed by atoms with Crippen molar-refractivity contribution in [2.75, 3.05) is 5.33 Å². The Morgan fingerprint density at radius 1 is 1.41 bits per heavy atom. The van der Waals surface area contributed by atoms with Gasteiger partial charge in [0.25, 0.3) is 0 Å². The molecule has 4 atom stereocenters. The monoisotopic (exact) mass is 371 g/mol. The molecule has 1 saturated heterocycles. The van der Waals surface area contributed by atoms with Crippen LogP contribution in [0.15, 0.2) is 30.3 Å². The predicted octanol–water partition coefficient (Wildman–Crippen LogP) is 1.22. The lowest BCUT2D eigenvalue weighted by Gasteiger charge is -2.39. The molecule has 1 unspecified atom stereocenters. The smallest absolute Gasteiger partial charge is 0.338 e. The van der Waals surface area contributed by atoms with Crippen LogP contribution in [0.1, 0.15) is 23.7 Å². The number of hydrogen-bond acceptors (Lipinski definition) is 5. The molecule has 120 valence electrons. The van der Waals surface area contributed by atoms with Crippen LogP contribution in [0.2, 0.25) is 0 Å². The number of rotatable bonds is 4. The molecule has 1 fully saturated rings. The second-order valence-electron chi connectivity index (χ2n) is 5.06. The van der Waals surface area contributed by atoms with Crippen molar-refractivity contribution >= 4 is 27.8 Å². The average Bonchev–Trinajstić information content (AvgIpc) is 2.49. The standard InChI is InChI=1S/C15H18BrNO5/c1-9(18)17-11-7-13(19)21-12(8-16)14(11)22-15(20)10-5-3-2-4-6-10/h2-6,11-14,19H,7-8H2,1H3,(H,17,18)/t11-,12?,13-,14+/m0/s1. The van der Waals surface area contributed by atoms with Crippen molar-refractivity contribution in [2.24, 2.45) is 0 Å². The van der Waals surface area contributed by atoms with Gasteiger partial charge in [0.05, 0.1) is 11.6 Å². The number of aliphatic hydroxyl groups excluding tert-OH is 1. The number of benzene rings is 1. The number of alkyl halides is 1. The lowest BCUT2D eigenvalue weighted by atomic mass is 9.99. The van der Waals surface area contributed by atoms with Crippen LogP contribution >= 0.6 is 15.9 Å². The molecule has 0 aliphatic carbocycles. The second-order valence-corrected chi connectivity index (χ2v) is 5.71. The van der Waals surface area contributed by atoms with Gasteiger partial charge >= 0.3 is 5.97 Å². The number of carbonyl (C=O) groups is 2. The summed E-state index contributed by atoms with van der Waals surface area (Å²) < 4.78 is 10.9. The van der Waals surface area contributed by atoms with E-state index in [1.807, 2.05) is 0 Å². The zero-order chi connectivity index (χ0) is 16.1. The summed E-state index contributed by atoms with van der Waals surface area (Å²) in [7, 11) is 0. The van der Waals surface area contributed by atoms with Crippen molar-refractivity contribution in [2.45, 2.75) is 37.9 Å². The van der Waals surface area contributed by atoms with E-state index in [9.17, 15) is 14.7 Å². The van der Waals surface area contributed by atoms with E-state index in [-0.39, 0.29) is 12.3 Å². The Labute approximate surface area is 136 Å². The van der Waals surface area contributed by atoms with Crippen molar-refractivity contribution in [3.05, 3.63) is 35.9 Å². The van der Waals surface area contributed by atoms with Crippen molar-refractivity contribution in [3.63, 3.8) is 0 Å². The molecule has 22 heavy (non-hydrogen) atoms. The minimum Gasteiger partial charge on any atom is -0.454 e. The quantitative estimate of drug-likeness (QED) is 0.613. The van der Waals surface area contributed by atoms with Crippen LogP contribution in [0.25, 0.3) is 0 Å². The summed E-state index contributed by atoms with van der Waals surface area (Å²) in [5.41, 5.74) is 0.420. The lowest BCUT2D eigenvalue weighted by molar-refractivity contribution is -0.201. The van der Waals surface area contributed by atoms with E-state index < -0.39 is 30.5 Å². The largest absolute Gasteiger partial charge is 0.454 e. The van der Waals surface area contributed by atoms with Crippen molar-refractivity contribution < 1.29 is 24.2 Å². The summed E-state index contributed by atoms with van der Waals surface area (Å²) in [5, 5.41) is 12.8. The first-order chi connectivity index (χ1) is 10.5. The first-order valence-electron chi connectivity index (χ1n) is 6.94. The maximum absolute atomic E-state index is 12.2. The molecular weight excluding hydrogens is 354 g/mol. The summed E-state index contributed by atoms with van der Waals surface area (Å²) in [4.78, 5) is 23.5. The third-order valence-corrected chi connectivity index (χ3v) is 3.98. The average molecular weight is 372 g/mol. The summed E-state index contributed by atoms with van der Waals surface area (Å²) >= 11 is 3.28. The van der Waals surface area contributed by atoms with E-state index in [2.05, 4.69) is 21.2 Å². The van der Waals surface area contributed by atoms with Crippen LogP contribution in [0.4, 0.5) is 0 Å². The van der Waals surface area contributed by atoms with Gasteiger partial charge in [-0.15, -0.1) is 0 Å². The molecule has 0 saturated carbocycles. The van der Waals surface area contributed by atoms with Crippen LogP contribution in [0, 0.1) is 0 Å². The molecule has 2 rings (SSSR count). The van der Waals surface area contributed by atoms with E-state index in [4.69, 9.17) is 9.47 Å². The number of halogens is 1. The molecule has 1 aromatic rings. The van der Waals surface area contributed by atoms with Crippen LogP contribution in [-0.2, 0) is 14.3 Å². The number of esters is 1. The van der Waals surface area contributed by atoms with Crippen LogP contribution < -0.4 is 5.32 Å². The topological polar surface area (TPSA) is 84.9 Å². The molecule has 0 bridgehead atoms. The highest BCUT2D eigenvalue weighted by Gasteiger charge is 2.41. The number of amides is 1. The number of hydrogen-bond donors (Lipinski definition) is 2. The van der Waals surface area contributed by atoms with Crippen LogP contribution in [0.3, 0.4) is 0 Å². The molecule has 1 aliphatic heterocycles. The van der Waals surface area contributed by atoms with Crippen LogP contribution in [0.5, 0.6) is 0 Å². The zero-order valence-electron chi connectivity index (χ0n) is 12.1. The molecule has 1 heterocycles. The van der Waals surface area contributed by atoms with Crippen molar-refractivity contribution in [1.29, 1.82) is 0 Å². The van der Waals surface area contributed by atoms with Gasteiger partial charge < -0.3 is 19.9 Å². The van der Waals surface area contributed by atoms with Gasteiger partial charge in [0.1, 0.15) is 12.2 Å². The normalized spacial score (nSPS) is 28.0. The Kier molecular flexibility index (Phi) is 5.93. The van der Waals surface area contributed by atoms with Gasteiger partial charge in [0.15, 0.2) is 6.29 Å². The van der Waals surface area contributed by atoms with Gasteiger partial charge in [0, 0.05) is 18.7 Å². The minimum atomic E-state index is -1.01. The Morgan fingerprint density at radius 3 is 2.68 bits per heavy atom. The molecule has 0 radical (unpaired) electrons. The van der Waals surface area contributed by atoms with E-state index in [0.29, 0.717) is 10.9 Å². The first kappa shape index (κ1) is 16.9. The number of carbonyl (C=O) groups excluding carboxylic acids is 2. The van der Waals surface area contributed by atoms with E-state index in [1.54, 1.807) is 30.3 Å². The third kappa shape index (κ3) is 4.28.